The van der Waals surface area contributed by atoms with Crippen LogP contribution in [0.3, 0.4) is 0 Å². The normalized spacial score (nSPS) is 16.9. The Morgan fingerprint density at radius 2 is 2.13 bits per heavy atom. The van der Waals surface area contributed by atoms with E-state index in [4.69, 9.17) is 21.1 Å². The smallest absolute Gasteiger partial charge is 0.296 e. The zero-order valence-electron chi connectivity index (χ0n) is 7.55. The second-order valence-corrected chi connectivity index (χ2v) is 3.26. The van der Waals surface area contributed by atoms with Crippen LogP contribution in [-0.2, 0) is 9.47 Å². The van der Waals surface area contributed by atoms with E-state index in [1.54, 1.807) is 0 Å². The first kappa shape index (κ1) is 10.3. The largest absolute Gasteiger partial charge is 0.344 e. The number of hydrogen-bond donors (Lipinski definition) is 0. The lowest BCUT2D eigenvalue weighted by molar-refractivity contribution is -0.387. The lowest BCUT2D eigenvalue weighted by atomic mass is 10.3. The van der Waals surface area contributed by atoms with Crippen molar-refractivity contribution in [2.45, 2.75) is 6.29 Å². The van der Waals surface area contributed by atoms with Gasteiger partial charge in [-0.25, -0.2) is 4.98 Å². The van der Waals surface area contributed by atoms with E-state index in [0.717, 1.165) is 0 Å². The van der Waals surface area contributed by atoms with Gasteiger partial charge in [-0.05, 0) is 6.07 Å². The Bertz CT molecular complexity index is 392. The molecule has 0 unspecified atom stereocenters. The van der Waals surface area contributed by atoms with Crippen LogP contribution in [0.1, 0.15) is 12.0 Å². The van der Waals surface area contributed by atoms with Gasteiger partial charge in [-0.15, -0.1) is 0 Å². The molecule has 0 saturated carbocycles. The summed E-state index contributed by atoms with van der Waals surface area (Å²) in [6, 6.07) is 2.65. The Balaban J connectivity index is 2.41. The number of hydrogen-bond acceptors (Lipinski definition) is 5. The molecule has 0 bridgehead atoms. The van der Waals surface area contributed by atoms with Gasteiger partial charge in [0.15, 0.2) is 5.69 Å². The predicted octanol–water partition coefficient (Wildman–Crippen LogP) is 1.69. The van der Waals surface area contributed by atoms with Gasteiger partial charge in [0.25, 0.3) is 5.69 Å². The summed E-state index contributed by atoms with van der Waals surface area (Å²) in [4.78, 5) is 14.0. The monoisotopic (exact) mass is 230 g/mol. The zero-order valence-corrected chi connectivity index (χ0v) is 8.31. The summed E-state index contributed by atoms with van der Waals surface area (Å²) in [6.45, 7) is 0.798. The molecule has 0 spiro atoms. The summed E-state index contributed by atoms with van der Waals surface area (Å²) >= 11 is 5.66. The molecule has 1 aliphatic heterocycles. The Morgan fingerprint density at radius 1 is 1.47 bits per heavy atom. The van der Waals surface area contributed by atoms with Gasteiger partial charge in [0, 0.05) is 6.07 Å². The van der Waals surface area contributed by atoms with Crippen molar-refractivity contribution in [1.82, 2.24) is 4.98 Å². The average Bonchev–Trinajstić information content (AvgIpc) is 2.69. The summed E-state index contributed by atoms with van der Waals surface area (Å²) in [6.07, 6.45) is -0.788. The molecule has 0 N–H and O–H groups in total. The molecule has 1 fully saturated rings. The first-order valence-electron chi connectivity index (χ1n) is 4.22. The molecule has 0 radical (unpaired) electrons. The number of pyridine rings is 1. The van der Waals surface area contributed by atoms with Crippen molar-refractivity contribution in [3.63, 3.8) is 0 Å². The summed E-state index contributed by atoms with van der Waals surface area (Å²) < 4.78 is 10.3. The topological polar surface area (TPSA) is 74.5 Å². The molecular formula is C8H7ClN2O4. The highest BCUT2D eigenvalue weighted by atomic mass is 35.5. The number of aromatic nitrogens is 1. The standard InChI is InChI=1S/C8H7ClN2O4/c9-6-2-1-5(11(12)13)7(10-6)8-14-3-4-15-8/h1-2,8H,3-4H2. The van der Waals surface area contributed by atoms with Gasteiger partial charge in [-0.3, -0.25) is 10.1 Å². The average molecular weight is 231 g/mol. The van der Waals surface area contributed by atoms with Gasteiger partial charge in [0.1, 0.15) is 5.15 Å². The molecule has 1 aromatic rings. The lowest BCUT2D eigenvalue weighted by Crippen LogP contribution is -2.06. The number of nitro groups is 1. The SMILES string of the molecule is O=[N+]([O-])c1ccc(Cl)nc1C1OCCO1. The van der Waals surface area contributed by atoms with E-state index in [0.29, 0.717) is 13.2 Å². The summed E-state index contributed by atoms with van der Waals surface area (Å²) in [7, 11) is 0. The van der Waals surface area contributed by atoms with Crippen molar-refractivity contribution in [3.05, 3.63) is 33.1 Å². The molecule has 1 saturated heterocycles. The molecule has 1 aliphatic rings. The van der Waals surface area contributed by atoms with Gasteiger partial charge >= 0.3 is 0 Å². The van der Waals surface area contributed by atoms with Crippen molar-refractivity contribution in [1.29, 1.82) is 0 Å². The highest BCUT2D eigenvalue weighted by Gasteiger charge is 2.28. The first-order valence-corrected chi connectivity index (χ1v) is 4.60. The fourth-order valence-corrected chi connectivity index (χ4v) is 1.44. The quantitative estimate of drug-likeness (QED) is 0.439. The van der Waals surface area contributed by atoms with Crippen LogP contribution < -0.4 is 0 Å². The molecule has 2 rings (SSSR count). The molecule has 1 aromatic heterocycles. The number of rotatable bonds is 2. The zero-order chi connectivity index (χ0) is 10.8. The summed E-state index contributed by atoms with van der Waals surface area (Å²) in [5.41, 5.74) is -0.0312. The minimum atomic E-state index is -0.788. The Kier molecular flexibility index (Phi) is 2.81. The molecule has 6 nitrogen and oxygen atoms in total. The van der Waals surface area contributed by atoms with Crippen molar-refractivity contribution < 1.29 is 14.4 Å². The highest BCUT2D eigenvalue weighted by Crippen LogP contribution is 2.30. The van der Waals surface area contributed by atoms with E-state index >= 15 is 0 Å². The Morgan fingerprint density at radius 3 is 2.73 bits per heavy atom. The number of halogens is 1. The molecule has 0 aromatic carbocycles. The second kappa shape index (κ2) is 4.09. The first-order chi connectivity index (χ1) is 7.18. The van der Waals surface area contributed by atoms with Crippen LogP contribution in [0.4, 0.5) is 5.69 Å². The van der Waals surface area contributed by atoms with Crippen molar-refractivity contribution in [3.8, 4) is 0 Å². The van der Waals surface area contributed by atoms with Crippen molar-refractivity contribution >= 4 is 17.3 Å². The third-order valence-corrected chi connectivity index (χ3v) is 2.12. The summed E-state index contributed by atoms with van der Waals surface area (Å²) in [5.74, 6) is 0. The van der Waals surface area contributed by atoms with Gasteiger partial charge in [0.05, 0.1) is 18.1 Å². The molecule has 0 atom stereocenters. The van der Waals surface area contributed by atoms with E-state index in [1.165, 1.54) is 12.1 Å². The third-order valence-electron chi connectivity index (χ3n) is 1.91. The van der Waals surface area contributed by atoms with Gasteiger partial charge in [0.2, 0.25) is 6.29 Å². The van der Waals surface area contributed by atoms with Crippen LogP contribution in [0.25, 0.3) is 0 Å². The maximum atomic E-state index is 10.7. The van der Waals surface area contributed by atoms with E-state index in [2.05, 4.69) is 4.98 Å². The molecule has 7 heteroatoms. The van der Waals surface area contributed by atoms with Crippen LogP contribution >= 0.6 is 11.6 Å². The van der Waals surface area contributed by atoms with Gasteiger partial charge in [-0.1, -0.05) is 11.6 Å². The van der Waals surface area contributed by atoms with Crippen molar-refractivity contribution in [2.24, 2.45) is 0 Å². The Labute approximate surface area is 89.9 Å². The second-order valence-electron chi connectivity index (χ2n) is 2.87. The fourth-order valence-electron chi connectivity index (χ4n) is 1.29. The van der Waals surface area contributed by atoms with Crippen molar-refractivity contribution in [2.75, 3.05) is 13.2 Å². The van der Waals surface area contributed by atoms with E-state index in [9.17, 15) is 10.1 Å². The number of ether oxygens (including phenoxy) is 2. The molecular weight excluding hydrogens is 224 g/mol. The van der Waals surface area contributed by atoms with E-state index in [-0.39, 0.29) is 16.5 Å². The van der Waals surface area contributed by atoms with E-state index < -0.39 is 11.2 Å². The molecule has 0 amide bonds. The van der Waals surface area contributed by atoms with Gasteiger partial charge < -0.3 is 9.47 Å². The molecule has 2 heterocycles. The Hall–Kier alpha value is -1.24. The van der Waals surface area contributed by atoms with E-state index in [1.807, 2.05) is 0 Å². The third kappa shape index (κ3) is 2.06. The predicted molar refractivity (Wildman–Crippen MR) is 50.5 cm³/mol. The summed E-state index contributed by atoms with van der Waals surface area (Å²) in [5, 5.41) is 10.9. The maximum Gasteiger partial charge on any atom is 0.296 e. The minimum absolute atomic E-state index is 0.116. The minimum Gasteiger partial charge on any atom is -0.344 e. The van der Waals surface area contributed by atoms with Crippen LogP contribution in [-0.4, -0.2) is 23.1 Å². The fraction of sp³-hybridized carbons (Fsp3) is 0.375. The van der Waals surface area contributed by atoms with Gasteiger partial charge in [-0.2, -0.15) is 0 Å². The van der Waals surface area contributed by atoms with Crippen LogP contribution in [0.5, 0.6) is 0 Å². The van der Waals surface area contributed by atoms with Crippen LogP contribution in [0, 0.1) is 10.1 Å². The molecule has 15 heavy (non-hydrogen) atoms. The number of nitrogens with zero attached hydrogens (tertiary/aromatic N) is 2. The lowest BCUT2D eigenvalue weighted by Gasteiger charge is -2.08. The van der Waals surface area contributed by atoms with Crippen LogP contribution in [0.15, 0.2) is 12.1 Å². The highest BCUT2D eigenvalue weighted by molar-refractivity contribution is 6.29. The molecule has 0 aliphatic carbocycles. The van der Waals surface area contributed by atoms with Crippen LogP contribution in [0.2, 0.25) is 5.15 Å². The molecule has 80 valence electrons. The maximum absolute atomic E-state index is 10.7.